The molecule has 0 radical (unpaired) electrons. The van der Waals surface area contributed by atoms with Crippen LogP contribution in [0.15, 0.2) is 28.8 Å². The number of carbonyl (C=O) groups is 1. The minimum absolute atomic E-state index is 0.326. The number of methoxy groups -OCH3 is 1. The Labute approximate surface area is 145 Å². The summed E-state index contributed by atoms with van der Waals surface area (Å²) >= 11 is 0. The lowest BCUT2D eigenvalue weighted by Gasteiger charge is -2.37. The minimum atomic E-state index is -0.528. The minimum Gasteiger partial charge on any atom is -0.468 e. The zero-order valence-electron chi connectivity index (χ0n) is 14.3. The number of hydrogen-bond acceptors (Lipinski definition) is 7. The van der Waals surface area contributed by atoms with Gasteiger partial charge in [0.15, 0.2) is 5.82 Å². The van der Waals surface area contributed by atoms with Crippen LogP contribution in [0.4, 0.5) is 4.39 Å². The van der Waals surface area contributed by atoms with Crippen LogP contribution in [0, 0.1) is 12.7 Å². The molecule has 0 bridgehead atoms. The molecule has 1 aliphatic rings. The molecule has 7 nitrogen and oxygen atoms in total. The molecule has 1 unspecified atom stereocenters. The number of hydrogen-bond donors (Lipinski definition) is 0. The first kappa shape index (κ1) is 17.5. The molecule has 25 heavy (non-hydrogen) atoms. The van der Waals surface area contributed by atoms with Crippen LogP contribution in [0.5, 0.6) is 0 Å². The van der Waals surface area contributed by atoms with Gasteiger partial charge < -0.3 is 9.26 Å². The molecule has 134 valence electrons. The number of benzene rings is 1. The maximum absolute atomic E-state index is 13.2. The summed E-state index contributed by atoms with van der Waals surface area (Å²) in [6.07, 6.45) is 0. The summed E-state index contributed by atoms with van der Waals surface area (Å²) in [5, 5.41) is 3.91. The summed E-state index contributed by atoms with van der Waals surface area (Å²) in [4.78, 5) is 20.7. The highest BCUT2D eigenvalue weighted by molar-refractivity contribution is 5.77. The molecule has 1 aromatic carbocycles. The van der Waals surface area contributed by atoms with Crippen LogP contribution < -0.4 is 0 Å². The van der Waals surface area contributed by atoms with Crippen molar-refractivity contribution in [3.8, 4) is 0 Å². The second-order valence-corrected chi connectivity index (χ2v) is 6.02. The monoisotopic (exact) mass is 348 g/mol. The van der Waals surface area contributed by atoms with Gasteiger partial charge in [0.05, 0.1) is 13.7 Å². The van der Waals surface area contributed by atoms with E-state index in [0.29, 0.717) is 31.3 Å². The van der Waals surface area contributed by atoms with Crippen molar-refractivity contribution in [2.75, 3.05) is 33.3 Å². The Bertz CT molecular complexity index is 711. The Balaban J connectivity index is 1.65. The van der Waals surface area contributed by atoms with Crippen LogP contribution in [0.1, 0.15) is 23.3 Å². The molecular weight excluding hydrogens is 327 g/mol. The number of esters is 1. The SMILES string of the molecule is COC(=O)C(c1ccc(F)cc1)N1CCN(Cc2noc(C)n2)CC1. The normalized spacial score (nSPS) is 17.4. The number of aromatic nitrogens is 2. The number of rotatable bonds is 5. The van der Waals surface area contributed by atoms with E-state index in [9.17, 15) is 9.18 Å². The predicted octanol–water partition coefficient (Wildman–Crippen LogP) is 1.55. The highest BCUT2D eigenvalue weighted by atomic mass is 19.1. The average Bonchev–Trinajstić information content (AvgIpc) is 3.03. The Morgan fingerprint density at radius 1 is 1.28 bits per heavy atom. The zero-order chi connectivity index (χ0) is 17.8. The van der Waals surface area contributed by atoms with Crippen LogP contribution in [-0.4, -0.2) is 59.2 Å². The van der Waals surface area contributed by atoms with Gasteiger partial charge in [0.1, 0.15) is 11.9 Å². The Kier molecular flexibility index (Phi) is 5.40. The molecule has 1 aromatic heterocycles. The summed E-state index contributed by atoms with van der Waals surface area (Å²) in [5.41, 5.74) is 0.732. The van der Waals surface area contributed by atoms with Crippen molar-refractivity contribution in [2.24, 2.45) is 0 Å². The van der Waals surface area contributed by atoms with E-state index < -0.39 is 6.04 Å². The molecule has 0 spiro atoms. The number of halogens is 1. The molecule has 0 N–H and O–H groups in total. The van der Waals surface area contributed by atoms with Gasteiger partial charge in [-0.1, -0.05) is 17.3 Å². The molecule has 0 saturated carbocycles. The fraction of sp³-hybridized carbons (Fsp3) is 0.471. The standard InChI is InChI=1S/C17H21FN4O3/c1-12-19-15(20-25-12)11-21-7-9-22(10-8-21)16(17(23)24-2)13-3-5-14(18)6-4-13/h3-6,16H,7-11H2,1-2H3. The van der Waals surface area contributed by atoms with E-state index in [2.05, 4.69) is 19.9 Å². The van der Waals surface area contributed by atoms with E-state index in [0.717, 1.165) is 18.7 Å². The molecule has 3 rings (SSSR count). The summed E-state index contributed by atoms with van der Waals surface area (Å²) < 4.78 is 23.1. The number of carbonyl (C=O) groups excluding carboxylic acids is 1. The number of nitrogens with zero attached hydrogens (tertiary/aromatic N) is 4. The van der Waals surface area contributed by atoms with Crippen molar-refractivity contribution in [3.05, 3.63) is 47.4 Å². The highest BCUT2D eigenvalue weighted by Crippen LogP contribution is 2.24. The van der Waals surface area contributed by atoms with E-state index >= 15 is 0 Å². The van der Waals surface area contributed by atoms with E-state index in [4.69, 9.17) is 9.26 Å². The molecule has 2 heterocycles. The van der Waals surface area contributed by atoms with Gasteiger partial charge in [0.25, 0.3) is 0 Å². The third-order valence-corrected chi connectivity index (χ3v) is 4.32. The zero-order valence-corrected chi connectivity index (χ0v) is 14.3. The lowest BCUT2D eigenvalue weighted by molar-refractivity contribution is -0.148. The Morgan fingerprint density at radius 2 is 1.96 bits per heavy atom. The molecule has 0 amide bonds. The van der Waals surface area contributed by atoms with Gasteiger partial charge in [-0.15, -0.1) is 0 Å². The van der Waals surface area contributed by atoms with E-state index in [-0.39, 0.29) is 11.8 Å². The largest absolute Gasteiger partial charge is 0.468 e. The maximum atomic E-state index is 13.2. The second kappa shape index (κ2) is 7.71. The number of aryl methyl sites for hydroxylation is 1. The summed E-state index contributed by atoms with van der Waals surface area (Å²) in [6, 6.07) is 5.46. The number of piperazine rings is 1. The van der Waals surface area contributed by atoms with Crippen LogP contribution in [-0.2, 0) is 16.1 Å². The van der Waals surface area contributed by atoms with Gasteiger partial charge in [0, 0.05) is 33.1 Å². The fourth-order valence-electron chi connectivity index (χ4n) is 3.04. The van der Waals surface area contributed by atoms with Crippen molar-refractivity contribution in [1.29, 1.82) is 0 Å². The highest BCUT2D eigenvalue weighted by Gasteiger charge is 2.31. The van der Waals surface area contributed by atoms with Crippen molar-refractivity contribution < 1.29 is 18.4 Å². The Hall–Kier alpha value is -2.32. The summed E-state index contributed by atoms with van der Waals surface area (Å²) in [5.74, 6) is 0.547. The quantitative estimate of drug-likeness (QED) is 0.759. The van der Waals surface area contributed by atoms with Gasteiger partial charge in [-0.25, -0.2) is 9.18 Å². The number of ether oxygens (including phenoxy) is 1. The molecular formula is C17H21FN4O3. The second-order valence-electron chi connectivity index (χ2n) is 6.02. The van der Waals surface area contributed by atoms with Crippen LogP contribution >= 0.6 is 0 Å². The molecule has 1 fully saturated rings. The third-order valence-electron chi connectivity index (χ3n) is 4.32. The summed E-state index contributed by atoms with van der Waals surface area (Å²) in [7, 11) is 1.37. The van der Waals surface area contributed by atoms with Crippen molar-refractivity contribution in [1.82, 2.24) is 19.9 Å². The van der Waals surface area contributed by atoms with Crippen molar-refractivity contribution in [3.63, 3.8) is 0 Å². The van der Waals surface area contributed by atoms with Gasteiger partial charge >= 0.3 is 5.97 Å². The molecule has 1 saturated heterocycles. The smallest absolute Gasteiger partial charge is 0.327 e. The van der Waals surface area contributed by atoms with E-state index in [1.165, 1.54) is 19.2 Å². The molecule has 2 aromatic rings. The first-order valence-electron chi connectivity index (χ1n) is 8.15. The van der Waals surface area contributed by atoms with Crippen molar-refractivity contribution in [2.45, 2.75) is 19.5 Å². The van der Waals surface area contributed by atoms with Crippen LogP contribution in [0.2, 0.25) is 0 Å². The van der Waals surface area contributed by atoms with Gasteiger partial charge in [-0.3, -0.25) is 9.80 Å². The lowest BCUT2D eigenvalue weighted by atomic mass is 10.0. The van der Waals surface area contributed by atoms with Crippen LogP contribution in [0.3, 0.4) is 0 Å². The fourth-order valence-corrected chi connectivity index (χ4v) is 3.04. The molecule has 0 aliphatic carbocycles. The lowest BCUT2D eigenvalue weighted by Crippen LogP contribution is -2.49. The van der Waals surface area contributed by atoms with E-state index in [1.807, 2.05) is 0 Å². The first-order valence-corrected chi connectivity index (χ1v) is 8.15. The summed E-state index contributed by atoms with van der Waals surface area (Å²) in [6.45, 7) is 5.29. The van der Waals surface area contributed by atoms with Gasteiger partial charge in [0.2, 0.25) is 5.89 Å². The van der Waals surface area contributed by atoms with E-state index in [1.54, 1.807) is 19.1 Å². The molecule has 1 aliphatic heterocycles. The van der Waals surface area contributed by atoms with Gasteiger partial charge in [-0.2, -0.15) is 4.98 Å². The van der Waals surface area contributed by atoms with Gasteiger partial charge in [-0.05, 0) is 17.7 Å². The first-order chi connectivity index (χ1) is 12.1. The van der Waals surface area contributed by atoms with Crippen molar-refractivity contribution >= 4 is 5.97 Å². The maximum Gasteiger partial charge on any atom is 0.327 e. The average molecular weight is 348 g/mol. The van der Waals surface area contributed by atoms with Crippen LogP contribution in [0.25, 0.3) is 0 Å². The third kappa shape index (κ3) is 4.21. The molecule has 1 atom stereocenters. The predicted molar refractivity (Wildman–Crippen MR) is 87.0 cm³/mol. The molecule has 8 heteroatoms. The Morgan fingerprint density at radius 3 is 2.52 bits per heavy atom. The topological polar surface area (TPSA) is 71.7 Å².